The maximum absolute atomic E-state index is 16.0. The molecular formula is C26H29FN6O. The van der Waals surface area contributed by atoms with Crippen molar-refractivity contribution in [2.75, 3.05) is 13.1 Å². The number of amides is 1. The molecule has 7 nitrogen and oxygen atoms in total. The Morgan fingerprint density at radius 2 is 2.00 bits per heavy atom. The van der Waals surface area contributed by atoms with E-state index in [1.807, 2.05) is 44.5 Å². The minimum Gasteiger partial charge on any atom is -0.343 e. The van der Waals surface area contributed by atoms with E-state index in [4.69, 9.17) is 16.5 Å². The fraction of sp³-hybridized carbons (Fsp3) is 0.423. The van der Waals surface area contributed by atoms with E-state index < -0.39 is 5.67 Å². The molecule has 8 heteroatoms. The lowest BCUT2D eigenvalue weighted by molar-refractivity contribution is -0.131. The van der Waals surface area contributed by atoms with Gasteiger partial charge in [0.1, 0.15) is 5.82 Å². The first-order valence-electron chi connectivity index (χ1n) is 11.4. The summed E-state index contributed by atoms with van der Waals surface area (Å²) < 4.78 is 17.9. The second-order valence-electron chi connectivity index (χ2n) is 9.01. The standard InChI is InChI=1S/C26H29FN6O/c1-16-20(8-7-9-22(16)28-5)17(2)30-25-21-14-24(29-15-23(21)32(6)18(3)31-25)26(27)10-12-33(13-11-26)19(4)34/h7-9,14-15,17H,10-13H2,1-4,6H3/t17-/m1/s1. The number of carbonyl (C=O) groups is 1. The normalized spacial score (nSPS) is 17.0. The summed E-state index contributed by atoms with van der Waals surface area (Å²) >= 11 is 0. The SMILES string of the molecule is [C-]#[N+]c1cccc([C@@H](C)N=c2nc(C)n(C)c3cnc(C4(F)CCN(C(C)=O)CC4)cc23)c1C. The summed E-state index contributed by atoms with van der Waals surface area (Å²) in [6, 6.07) is 7.17. The van der Waals surface area contributed by atoms with Crippen molar-refractivity contribution in [2.24, 2.45) is 12.0 Å². The summed E-state index contributed by atoms with van der Waals surface area (Å²) in [5.74, 6) is 0.734. The first-order chi connectivity index (χ1) is 16.1. The van der Waals surface area contributed by atoms with Crippen LogP contribution in [-0.4, -0.2) is 38.4 Å². The van der Waals surface area contributed by atoms with E-state index >= 15 is 4.39 Å². The van der Waals surface area contributed by atoms with Crippen LogP contribution in [0.2, 0.25) is 0 Å². The molecule has 34 heavy (non-hydrogen) atoms. The molecule has 0 spiro atoms. The minimum atomic E-state index is -1.60. The van der Waals surface area contributed by atoms with Gasteiger partial charge in [0.25, 0.3) is 0 Å². The number of hydrogen-bond acceptors (Lipinski definition) is 4. The summed E-state index contributed by atoms with van der Waals surface area (Å²) in [5.41, 5.74) is 2.56. The van der Waals surface area contributed by atoms with Crippen LogP contribution in [0.25, 0.3) is 15.7 Å². The van der Waals surface area contributed by atoms with Crippen molar-refractivity contribution in [3.8, 4) is 0 Å². The zero-order chi connectivity index (χ0) is 24.6. The Morgan fingerprint density at radius 3 is 2.65 bits per heavy atom. The number of likely N-dealkylation sites (tertiary alicyclic amines) is 1. The number of halogens is 1. The molecule has 3 heterocycles. The van der Waals surface area contributed by atoms with Gasteiger partial charge >= 0.3 is 0 Å². The van der Waals surface area contributed by atoms with E-state index in [0.29, 0.717) is 30.0 Å². The quantitative estimate of drug-likeness (QED) is 0.536. The van der Waals surface area contributed by atoms with E-state index in [1.165, 1.54) is 6.92 Å². The summed E-state index contributed by atoms with van der Waals surface area (Å²) in [7, 11) is 1.90. The van der Waals surface area contributed by atoms with Crippen LogP contribution in [0.5, 0.6) is 0 Å². The van der Waals surface area contributed by atoms with Crippen molar-refractivity contribution in [3.05, 3.63) is 70.0 Å². The van der Waals surface area contributed by atoms with Crippen LogP contribution in [0.1, 0.15) is 55.4 Å². The molecule has 1 aromatic carbocycles. The van der Waals surface area contributed by atoms with E-state index in [0.717, 1.165) is 27.9 Å². The number of benzene rings is 1. The summed E-state index contributed by atoms with van der Waals surface area (Å²) in [6.45, 7) is 15.5. The highest BCUT2D eigenvalue weighted by Gasteiger charge is 2.38. The van der Waals surface area contributed by atoms with Gasteiger partial charge in [-0.3, -0.25) is 14.8 Å². The van der Waals surface area contributed by atoms with Crippen LogP contribution < -0.4 is 5.49 Å². The monoisotopic (exact) mass is 460 g/mol. The number of piperidine rings is 1. The van der Waals surface area contributed by atoms with Gasteiger partial charge in [0.05, 0.1) is 30.0 Å². The second kappa shape index (κ2) is 8.98. The number of aromatic nitrogens is 3. The van der Waals surface area contributed by atoms with Gasteiger partial charge in [0.2, 0.25) is 5.91 Å². The van der Waals surface area contributed by atoms with Crippen molar-refractivity contribution in [2.45, 2.75) is 52.2 Å². The van der Waals surface area contributed by atoms with Gasteiger partial charge in [-0.1, -0.05) is 18.2 Å². The largest absolute Gasteiger partial charge is 0.343 e. The Kier molecular flexibility index (Phi) is 6.22. The Labute approximate surface area is 198 Å². The number of carbonyl (C=O) groups excluding carboxylic acids is 1. The van der Waals surface area contributed by atoms with E-state index in [2.05, 4.69) is 9.83 Å². The molecule has 1 aliphatic rings. The third-order valence-electron chi connectivity index (χ3n) is 6.93. The molecule has 176 valence electrons. The number of rotatable bonds is 3. The fourth-order valence-electron chi connectivity index (χ4n) is 4.60. The molecule has 0 aliphatic carbocycles. The van der Waals surface area contributed by atoms with Crippen LogP contribution in [-0.2, 0) is 17.5 Å². The number of aryl methyl sites for hydroxylation is 2. The van der Waals surface area contributed by atoms with Gasteiger partial charge in [-0.25, -0.2) is 14.2 Å². The van der Waals surface area contributed by atoms with Gasteiger partial charge in [-0.05, 0) is 38.0 Å². The van der Waals surface area contributed by atoms with Crippen molar-refractivity contribution in [3.63, 3.8) is 0 Å². The molecule has 1 aliphatic heterocycles. The molecule has 1 fully saturated rings. The van der Waals surface area contributed by atoms with E-state index in [9.17, 15) is 4.79 Å². The molecule has 0 bridgehead atoms. The highest BCUT2D eigenvalue weighted by atomic mass is 19.1. The summed E-state index contributed by atoms with van der Waals surface area (Å²) in [6.07, 6.45) is 2.11. The maximum atomic E-state index is 16.0. The molecule has 3 aromatic rings. The molecule has 0 unspecified atom stereocenters. The van der Waals surface area contributed by atoms with Gasteiger partial charge in [0.15, 0.2) is 16.8 Å². The summed E-state index contributed by atoms with van der Waals surface area (Å²) in [5, 5.41) is 0.731. The van der Waals surface area contributed by atoms with Gasteiger partial charge in [-0.15, -0.1) is 0 Å². The lowest BCUT2D eigenvalue weighted by Crippen LogP contribution is -2.42. The molecule has 1 saturated heterocycles. The number of nitrogens with zero attached hydrogens (tertiary/aromatic N) is 6. The number of pyridine rings is 1. The molecule has 0 radical (unpaired) electrons. The molecule has 2 aromatic heterocycles. The first-order valence-corrected chi connectivity index (χ1v) is 11.4. The van der Waals surface area contributed by atoms with Crippen LogP contribution >= 0.6 is 0 Å². The van der Waals surface area contributed by atoms with Gasteiger partial charge < -0.3 is 9.47 Å². The lowest BCUT2D eigenvalue weighted by Gasteiger charge is -2.35. The Balaban J connectivity index is 1.82. The van der Waals surface area contributed by atoms with Crippen molar-refractivity contribution < 1.29 is 9.18 Å². The van der Waals surface area contributed by atoms with E-state index in [-0.39, 0.29) is 24.8 Å². The highest BCUT2D eigenvalue weighted by molar-refractivity contribution is 5.78. The number of fused-ring (bicyclic) bond motifs is 1. The van der Waals surface area contributed by atoms with Crippen molar-refractivity contribution in [1.29, 1.82) is 0 Å². The summed E-state index contributed by atoms with van der Waals surface area (Å²) in [4.78, 5) is 31.0. The predicted octanol–water partition coefficient (Wildman–Crippen LogP) is 4.60. The average molecular weight is 461 g/mol. The first kappa shape index (κ1) is 23.6. The van der Waals surface area contributed by atoms with Gasteiger partial charge in [0, 0.05) is 45.3 Å². The Morgan fingerprint density at radius 1 is 1.29 bits per heavy atom. The Bertz CT molecular complexity index is 1380. The van der Waals surface area contributed by atoms with Crippen LogP contribution in [0, 0.1) is 20.4 Å². The third kappa shape index (κ3) is 4.18. The molecule has 0 N–H and O–H groups in total. The zero-order valence-electron chi connectivity index (χ0n) is 20.3. The molecule has 4 rings (SSSR count). The Hall–Kier alpha value is -3.60. The van der Waals surface area contributed by atoms with Crippen LogP contribution in [0.15, 0.2) is 35.5 Å². The van der Waals surface area contributed by atoms with Gasteiger partial charge in [-0.2, -0.15) is 0 Å². The maximum Gasteiger partial charge on any atom is 0.219 e. The van der Waals surface area contributed by atoms with Crippen molar-refractivity contribution >= 4 is 22.5 Å². The predicted molar refractivity (Wildman–Crippen MR) is 129 cm³/mol. The minimum absolute atomic E-state index is 0.0344. The number of alkyl halides is 1. The lowest BCUT2D eigenvalue weighted by atomic mass is 9.89. The van der Waals surface area contributed by atoms with Crippen LogP contribution in [0.3, 0.4) is 0 Å². The third-order valence-corrected chi connectivity index (χ3v) is 6.93. The topological polar surface area (TPSA) is 67.7 Å². The second-order valence-corrected chi connectivity index (χ2v) is 9.01. The smallest absolute Gasteiger partial charge is 0.219 e. The molecule has 1 atom stereocenters. The molecular weight excluding hydrogens is 431 g/mol. The number of hydrogen-bond donors (Lipinski definition) is 0. The molecule has 0 saturated carbocycles. The van der Waals surface area contributed by atoms with E-state index in [1.54, 1.807) is 23.2 Å². The average Bonchev–Trinajstić information content (AvgIpc) is 2.82. The zero-order valence-corrected chi connectivity index (χ0v) is 20.3. The fourth-order valence-corrected chi connectivity index (χ4v) is 4.60. The molecule has 1 amide bonds. The van der Waals surface area contributed by atoms with Crippen LogP contribution in [0.4, 0.5) is 10.1 Å². The van der Waals surface area contributed by atoms with Crippen molar-refractivity contribution in [1.82, 2.24) is 19.4 Å². The highest BCUT2D eigenvalue weighted by Crippen LogP contribution is 2.36.